The van der Waals surface area contributed by atoms with Crippen molar-refractivity contribution >= 4 is 53.2 Å². The number of benzene rings is 4. The summed E-state index contributed by atoms with van der Waals surface area (Å²) in [6.45, 7) is 16.6. The van der Waals surface area contributed by atoms with Crippen LogP contribution in [0.4, 0.5) is 0 Å². The van der Waals surface area contributed by atoms with Gasteiger partial charge in [-0.05, 0) is 88.2 Å². The third-order valence-corrected chi connectivity index (χ3v) is 12.7. The van der Waals surface area contributed by atoms with E-state index in [1.807, 2.05) is 0 Å². The molecule has 2 aliphatic carbocycles. The average molecular weight is 881 g/mol. The van der Waals surface area contributed by atoms with E-state index >= 15 is 0 Å². The third-order valence-electron chi connectivity index (χ3n) is 12.7. The first kappa shape index (κ1) is 49.9. The summed E-state index contributed by atoms with van der Waals surface area (Å²) in [5, 5.41) is 5.64. The molecule has 6 aromatic carbocycles. The molecule has 0 saturated heterocycles. The fourth-order valence-electron chi connectivity index (χ4n) is 9.99. The van der Waals surface area contributed by atoms with Gasteiger partial charge in [0, 0.05) is 0 Å². The van der Waals surface area contributed by atoms with Crippen LogP contribution in [-0.4, -0.2) is 6.88 Å². The molecule has 0 nitrogen and oxygen atoms in total. The number of hydrogen-bond donors (Lipinski definition) is 0. The molecule has 4 heteroatoms. The second kappa shape index (κ2) is 22.2. The molecule has 2 aliphatic rings. The summed E-state index contributed by atoms with van der Waals surface area (Å²) in [6, 6.07) is 37.2. The minimum atomic E-state index is 0. The summed E-state index contributed by atoms with van der Waals surface area (Å²) >= 11 is 1.36. The predicted octanol–water partition coefficient (Wildman–Crippen LogP) is 16.1. The van der Waals surface area contributed by atoms with E-state index in [1.165, 1.54) is 178 Å². The Balaban J connectivity index is 0.000000347. The van der Waals surface area contributed by atoms with Gasteiger partial charge in [0.1, 0.15) is 0 Å². The molecule has 0 amide bonds. The van der Waals surface area contributed by atoms with E-state index in [1.54, 1.807) is 0 Å². The first-order valence-electron chi connectivity index (χ1n) is 20.0. The van der Waals surface area contributed by atoms with Crippen molar-refractivity contribution in [2.24, 2.45) is 10.8 Å². The summed E-state index contributed by atoms with van der Waals surface area (Å²) in [5.41, 5.74) is 15.0. The van der Waals surface area contributed by atoms with Crippen molar-refractivity contribution in [1.29, 1.82) is 0 Å². The zero-order valence-electron chi connectivity index (χ0n) is 35.5. The molecule has 6 aromatic rings. The van der Waals surface area contributed by atoms with Gasteiger partial charge in [0.05, 0.1) is 0 Å². The fraction of sp³-hybridized carbons (Fsp3) is 0.385. The second-order valence-corrected chi connectivity index (χ2v) is 16.6. The third kappa shape index (κ3) is 11.5. The summed E-state index contributed by atoms with van der Waals surface area (Å²) in [4.78, 5) is 0. The van der Waals surface area contributed by atoms with E-state index in [0.717, 1.165) is 0 Å². The summed E-state index contributed by atoms with van der Waals surface area (Å²) < 4.78 is 0. The van der Waals surface area contributed by atoms with Crippen molar-refractivity contribution in [2.75, 3.05) is 0 Å². The Bertz CT molecular complexity index is 1930. The minimum absolute atomic E-state index is 0. The number of hydrogen-bond acceptors (Lipinski definition) is 0. The van der Waals surface area contributed by atoms with Gasteiger partial charge in [-0.15, -0.1) is 93.9 Å². The zero-order valence-corrected chi connectivity index (χ0v) is 40.6. The van der Waals surface area contributed by atoms with Gasteiger partial charge in [-0.2, -0.15) is 12.1 Å². The number of rotatable bonds is 8. The Morgan fingerprint density at radius 1 is 0.518 bits per heavy atom. The number of halogens is 2. The monoisotopic (exact) mass is 878 g/mol. The van der Waals surface area contributed by atoms with Crippen LogP contribution in [0.1, 0.15) is 111 Å². The van der Waals surface area contributed by atoms with Crippen molar-refractivity contribution in [3.63, 3.8) is 0 Å². The molecule has 0 heterocycles. The van der Waals surface area contributed by atoms with E-state index < -0.39 is 0 Å². The van der Waals surface area contributed by atoms with E-state index in [2.05, 4.69) is 145 Å². The molecule has 2 saturated carbocycles. The van der Waals surface area contributed by atoms with Gasteiger partial charge in [0.15, 0.2) is 0 Å². The summed E-state index contributed by atoms with van der Waals surface area (Å²) in [7, 11) is 0. The molecule has 2 fully saturated rings. The number of aryl methyl sites for hydroxylation is 4. The molecule has 0 bridgehead atoms. The van der Waals surface area contributed by atoms with Crippen LogP contribution in [0.25, 0.3) is 43.8 Å². The molecule has 0 unspecified atom stereocenters. The van der Waals surface area contributed by atoms with Gasteiger partial charge in [0.25, 0.3) is 0 Å². The molecule has 0 aliphatic heterocycles. The average Bonchev–Trinajstić information content (AvgIpc) is 3.95. The zero-order chi connectivity index (χ0) is 36.9. The van der Waals surface area contributed by atoms with E-state index in [-0.39, 0.29) is 39.7 Å². The van der Waals surface area contributed by atoms with E-state index in [9.17, 15) is 0 Å². The molecule has 2 radical (unpaired) electrons. The Labute approximate surface area is 370 Å². The van der Waals surface area contributed by atoms with Crippen LogP contribution in [0.5, 0.6) is 0 Å². The Kier molecular flexibility index (Phi) is 19.8. The van der Waals surface area contributed by atoms with Crippen molar-refractivity contribution < 1.29 is 23.3 Å². The van der Waals surface area contributed by atoms with Gasteiger partial charge in [-0.25, -0.2) is 0 Å². The van der Waals surface area contributed by atoms with Crippen LogP contribution < -0.4 is 0 Å². The van der Waals surface area contributed by atoms with Gasteiger partial charge >= 0.3 is 30.2 Å². The van der Waals surface area contributed by atoms with Crippen molar-refractivity contribution in [1.82, 2.24) is 0 Å². The first-order valence-corrected chi connectivity index (χ1v) is 24.1. The predicted molar refractivity (Wildman–Crippen MR) is 252 cm³/mol. The normalized spacial score (nSPS) is 14.9. The van der Waals surface area contributed by atoms with E-state index in [4.69, 9.17) is 0 Å². The van der Waals surface area contributed by atoms with Gasteiger partial charge < -0.3 is 14.9 Å². The van der Waals surface area contributed by atoms with E-state index in [0.29, 0.717) is 10.8 Å². The molecule has 56 heavy (non-hydrogen) atoms. The fourth-order valence-corrected chi connectivity index (χ4v) is 9.99. The summed E-state index contributed by atoms with van der Waals surface area (Å²) in [6.07, 6.45) is 16.5. The Morgan fingerprint density at radius 3 is 1.14 bits per heavy atom. The quantitative estimate of drug-likeness (QED) is 0.106. The molecule has 0 spiro atoms. The Morgan fingerprint density at radius 2 is 0.839 bits per heavy atom. The second-order valence-electron chi connectivity index (χ2n) is 16.6. The SMILES string of the molecule is CCC1(Cc2cc3c(-c4cc(C)cc(C)c4)cccc3[cH-]2)CCCC1.CCC1(Cc2cc3c(-c4cc(C)cc(C)c4)cccc3[cH-]2)CCCC1.Cl.Cl.[CH3-].[CH3-].[Si]=[Zr]. The topological polar surface area (TPSA) is 0 Å². The molecule has 0 N–H and O–H groups in total. The summed E-state index contributed by atoms with van der Waals surface area (Å²) in [5.74, 6) is 0. The van der Waals surface area contributed by atoms with Crippen LogP contribution >= 0.6 is 24.8 Å². The molecule has 8 rings (SSSR count). The Hall–Kier alpha value is -2.22. The molecular formula is C52H66Cl2SiZr-4. The van der Waals surface area contributed by atoms with Gasteiger partial charge in [0.2, 0.25) is 0 Å². The molecule has 300 valence electrons. The van der Waals surface area contributed by atoms with Crippen molar-refractivity contribution in [2.45, 2.75) is 119 Å². The van der Waals surface area contributed by atoms with Crippen LogP contribution in [0.3, 0.4) is 0 Å². The van der Waals surface area contributed by atoms with Crippen LogP contribution in [-0.2, 0) is 36.2 Å². The van der Waals surface area contributed by atoms with Gasteiger partial charge in [-0.1, -0.05) is 134 Å². The molecular weight excluding hydrogens is 815 g/mol. The maximum atomic E-state index is 3.06. The standard InChI is InChI=1S/2C25H29.2CH3.2ClH.Si.Zr/c2*1-4-25(10-5-6-11-25)17-20-15-21-8-7-9-23(24(21)16-20)22-13-18(2)12-19(3)14-22;;;;;;/h2*7-9,12-16H,4-6,10-11,17H2,1-3H3;2*1H3;2*1H;;/q4*-1;;;;. The van der Waals surface area contributed by atoms with Crippen LogP contribution in [0.2, 0.25) is 0 Å². The first-order chi connectivity index (χ1) is 25.2. The van der Waals surface area contributed by atoms with Crippen LogP contribution in [0, 0.1) is 53.4 Å². The van der Waals surface area contributed by atoms with Crippen molar-refractivity contribution in [3.8, 4) is 22.3 Å². The molecule has 0 atom stereocenters. The number of fused-ring (bicyclic) bond motifs is 2. The maximum absolute atomic E-state index is 3.06. The van der Waals surface area contributed by atoms with Crippen LogP contribution in [0.15, 0.2) is 97.1 Å². The molecule has 0 aromatic heterocycles. The van der Waals surface area contributed by atoms with Crippen molar-refractivity contribution in [3.05, 3.63) is 145 Å². The van der Waals surface area contributed by atoms with Gasteiger partial charge in [-0.3, -0.25) is 0 Å².